The molecule has 0 aliphatic carbocycles. The van der Waals surface area contributed by atoms with Crippen LogP contribution in [0, 0.1) is 0 Å². The van der Waals surface area contributed by atoms with Crippen molar-refractivity contribution in [1.29, 1.82) is 0 Å². The Morgan fingerprint density at radius 1 is 1.80 bits per heavy atom. The highest BCUT2D eigenvalue weighted by atomic mass is 19.3. The molecule has 0 unspecified atom stereocenters. The Hall–Kier alpha value is -0.930. The number of alkyl halides is 2. The van der Waals surface area contributed by atoms with Gasteiger partial charge in [0.05, 0.1) is 7.11 Å². The molecule has 58 valence electrons. The molecule has 0 rings (SSSR count). The summed E-state index contributed by atoms with van der Waals surface area (Å²) in [6.07, 6.45) is 0.288. The maximum absolute atomic E-state index is 12.3. The number of ether oxygens (including phenoxy) is 1. The molecular weight excluding hydrogens is 142 g/mol. The van der Waals surface area contributed by atoms with Gasteiger partial charge in [0.25, 0.3) is 0 Å². The highest BCUT2D eigenvalue weighted by molar-refractivity contribution is 5.77. The van der Waals surface area contributed by atoms with Crippen molar-refractivity contribution in [2.75, 3.05) is 7.11 Å². The zero-order valence-electron chi connectivity index (χ0n) is 5.56. The molecule has 0 heterocycles. The molecule has 0 fully saturated rings. The number of halogens is 2. The Kier molecular flexibility index (Phi) is 2.99. The van der Waals surface area contributed by atoms with E-state index in [1.807, 2.05) is 0 Å². The number of hydrogen-bond donors (Lipinski definition) is 0. The van der Waals surface area contributed by atoms with Gasteiger partial charge in [-0.1, -0.05) is 6.08 Å². The minimum Gasteiger partial charge on any atom is -0.465 e. The summed E-state index contributed by atoms with van der Waals surface area (Å²) in [6, 6.07) is 0. The van der Waals surface area contributed by atoms with Crippen LogP contribution < -0.4 is 0 Å². The van der Waals surface area contributed by atoms with Crippen LogP contribution in [0.3, 0.4) is 0 Å². The van der Waals surface area contributed by atoms with Crippen molar-refractivity contribution in [2.45, 2.75) is 12.3 Å². The van der Waals surface area contributed by atoms with Gasteiger partial charge in [0.15, 0.2) is 0 Å². The molecule has 0 spiro atoms. The van der Waals surface area contributed by atoms with Crippen LogP contribution in [-0.2, 0) is 9.53 Å². The first-order valence-corrected chi connectivity index (χ1v) is 2.61. The molecule has 0 radical (unpaired) electrons. The maximum atomic E-state index is 12.3. The molecule has 0 N–H and O–H groups in total. The van der Waals surface area contributed by atoms with Crippen molar-refractivity contribution in [3.8, 4) is 0 Å². The van der Waals surface area contributed by atoms with Crippen molar-refractivity contribution >= 4 is 5.97 Å². The van der Waals surface area contributed by atoms with E-state index in [9.17, 15) is 13.6 Å². The van der Waals surface area contributed by atoms with Gasteiger partial charge in [-0.15, -0.1) is 6.58 Å². The molecule has 0 atom stereocenters. The number of hydrogen-bond acceptors (Lipinski definition) is 2. The van der Waals surface area contributed by atoms with Crippen molar-refractivity contribution < 1.29 is 18.3 Å². The molecule has 0 aromatic heterocycles. The SMILES string of the molecule is C=CCC(F)(F)C(=O)OC. The summed E-state index contributed by atoms with van der Waals surface area (Å²) < 4.78 is 28.4. The highest BCUT2D eigenvalue weighted by Crippen LogP contribution is 2.19. The van der Waals surface area contributed by atoms with Crippen molar-refractivity contribution in [1.82, 2.24) is 0 Å². The molecule has 0 saturated carbocycles. The zero-order chi connectivity index (χ0) is 8.20. The fraction of sp³-hybridized carbons (Fsp3) is 0.500. The summed E-state index contributed by atoms with van der Waals surface area (Å²) in [4.78, 5) is 10.2. The number of rotatable bonds is 3. The number of carbonyl (C=O) groups is 1. The Morgan fingerprint density at radius 2 is 2.30 bits per heavy atom. The van der Waals surface area contributed by atoms with E-state index >= 15 is 0 Å². The van der Waals surface area contributed by atoms with Gasteiger partial charge < -0.3 is 4.74 Å². The first-order valence-electron chi connectivity index (χ1n) is 2.61. The number of allylic oxidation sites excluding steroid dienone is 1. The number of methoxy groups -OCH3 is 1. The van der Waals surface area contributed by atoms with Crippen LogP contribution in [0.5, 0.6) is 0 Å². The largest absolute Gasteiger partial charge is 0.465 e. The molecule has 0 aliphatic heterocycles. The van der Waals surface area contributed by atoms with E-state index in [1.54, 1.807) is 0 Å². The smallest absolute Gasteiger partial charge is 0.377 e. The van der Waals surface area contributed by atoms with Gasteiger partial charge in [0.1, 0.15) is 0 Å². The fourth-order valence-corrected chi connectivity index (χ4v) is 0.414. The topological polar surface area (TPSA) is 26.3 Å². The van der Waals surface area contributed by atoms with E-state index in [0.717, 1.165) is 13.2 Å². The highest BCUT2D eigenvalue weighted by Gasteiger charge is 2.38. The van der Waals surface area contributed by atoms with Gasteiger partial charge in [0, 0.05) is 6.42 Å². The summed E-state index contributed by atoms with van der Waals surface area (Å²) >= 11 is 0. The third-order valence-electron chi connectivity index (χ3n) is 0.885. The molecule has 0 amide bonds. The van der Waals surface area contributed by atoms with E-state index in [-0.39, 0.29) is 0 Å². The molecular formula is C6H8F2O2. The molecule has 0 aromatic rings. The van der Waals surface area contributed by atoms with Gasteiger partial charge in [0.2, 0.25) is 0 Å². The van der Waals surface area contributed by atoms with E-state index < -0.39 is 18.3 Å². The molecule has 4 heteroatoms. The van der Waals surface area contributed by atoms with Crippen molar-refractivity contribution in [3.05, 3.63) is 12.7 Å². The van der Waals surface area contributed by atoms with Crippen LogP contribution in [0.15, 0.2) is 12.7 Å². The molecule has 0 aliphatic rings. The fourth-order valence-electron chi connectivity index (χ4n) is 0.414. The average molecular weight is 150 g/mol. The van der Waals surface area contributed by atoms with Gasteiger partial charge >= 0.3 is 11.9 Å². The molecule has 0 aromatic carbocycles. The third kappa shape index (κ3) is 2.13. The summed E-state index contributed by atoms with van der Waals surface area (Å²) in [5.74, 6) is -4.94. The Balaban J connectivity index is 4.08. The summed E-state index contributed by atoms with van der Waals surface area (Å²) in [6.45, 7) is 3.07. The lowest BCUT2D eigenvalue weighted by atomic mass is 10.2. The average Bonchev–Trinajstić information content (AvgIpc) is 1.86. The Labute approximate surface area is 57.5 Å². The van der Waals surface area contributed by atoms with Gasteiger partial charge in [-0.25, -0.2) is 4.79 Å². The van der Waals surface area contributed by atoms with E-state index in [0.29, 0.717) is 0 Å². The normalized spacial score (nSPS) is 10.7. The van der Waals surface area contributed by atoms with Gasteiger partial charge in [-0.2, -0.15) is 8.78 Å². The lowest BCUT2D eigenvalue weighted by molar-refractivity contribution is -0.168. The van der Waals surface area contributed by atoms with Crippen molar-refractivity contribution in [3.63, 3.8) is 0 Å². The molecule has 10 heavy (non-hydrogen) atoms. The predicted octanol–water partition coefficient (Wildman–Crippen LogP) is 1.37. The zero-order valence-corrected chi connectivity index (χ0v) is 5.56. The minimum atomic E-state index is -3.42. The Morgan fingerprint density at radius 3 is 2.60 bits per heavy atom. The Bertz CT molecular complexity index is 143. The van der Waals surface area contributed by atoms with E-state index in [2.05, 4.69) is 11.3 Å². The lowest BCUT2D eigenvalue weighted by Gasteiger charge is -2.09. The summed E-state index contributed by atoms with van der Waals surface area (Å²) in [7, 11) is 0.916. The van der Waals surface area contributed by atoms with Crippen LogP contribution in [0.25, 0.3) is 0 Å². The van der Waals surface area contributed by atoms with Crippen LogP contribution in [0.1, 0.15) is 6.42 Å². The van der Waals surface area contributed by atoms with E-state index in [4.69, 9.17) is 0 Å². The lowest BCUT2D eigenvalue weighted by Crippen LogP contribution is -2.28. The van der Waals surface area contributed by atoms with Crippen LogP contribution >= 0.6 is 0 Å². The van der Waals surface area contributed by atoms with E-state index in [1.165, 1.54) is 0 Å². The second-order valence-corrected chi connectivity index (χ2v) is 1.69. The second kappa shape index (κ2) is 3.29. The molecule has 2 nitrogen and oxygen atoms in total. The van der Waals surface area contributed by atoms with Crippen LogP contribution in [0.2, 0.25) is 0 Å². The number of esters is 1. The van der Waals surface area contributed by atoms with Gasteiger partial charge in [-0.05, 0) is 0 Å². The minimum absolute atomic E-state index is 0.681. The van der Waals surface area contributed by atoms with Crippen molar-refractivity contribution in [2.24, 2.45) is 0 Å². The van der Waals surface area contributed by atoms with Gasteiger partial charge in [-0.3, -0.25) is 0 Å². The summed E-state index contributed by atoms with van der Waals surface area (Å²) in [5.41, 5.74) is 0. The monoisotopic (exact) mass is 150 g/mol. The molecule has 0 saturated heterocycles. The predicted molar refractivity (Wildman–Crippen MR) is 31.8 cm³/mol. The first kappa shape index (κ1) is 9.07. The first-order chi connectivity index (χ1) is 4.54. The standard InChI is InChI=1S/C6H8F2O2/c1-3-4-6(7,8)5(9)10-2/h3H,1,4H2,2H3. The quantitative estimate of drug-likeness (QED) is 0.448. The van der Waals surface area contributed by atoms with Crippen LogP contribution in [0.4, 0.5) is 8.78 Å². The number of carbonyl (C=O) groups excluding carboxylic acids is 1. The summed E-state index contributed by atoms with van der Waals surface area (Å²) in [5, 5.41) is 0. The maximum Gasteiger partial charge on any atom is 0.377 e. The second-order valence-electron chi connectivity index (χ2n) is 1.69. The van der Waals surface area contributed by atoms with Crippen LogP contribution in [-0.4, -0.2) is 19.0 Å². The molecule has 0 bridgehead atoms. The third-order valence-corrected chi connectivity index (χ3v) is 0.885.